The third-order valence-electron chi connectivity index (χ3n) is 3.34. The van der Waals surface area contributed by atoms with Gasteiger partial charge in [0.15, 0.2) is 5.69 Å². The summed E-state index contributed by atoms with van der Waals surface area (Å²) in [6, 6.07) is 0.578. The van der Waals surface area contributed by atoms with Crippen molar-refractivity contribution in [1.29, 1.82) is 0 Å². The molecule has 2 N–H and O–H groups in total. The molecule has 0 aliphatic carbocycles. The van der Waals surface area contributed by atoms with Crippen LogP contribution in [0.25, 0.3) is 0 Å². The van der Waals surface area contributed by atoms with Crippen LogP contribution in [0.2, 0.25) is 0 Å². The van der Waals surface area contributed by atoms with Crippen molar-refractivity contribution in [3.05, 3.63) is 11.9 Å². The van der Waals surface area contributed by atoms with Crippen molar-refractivity contribution >= 4 is 5.91 Å². The van der Waals surface area contributed by atoms with Crippen LogP contribution in [0.1, 0.15) is 49.6 Å². The van der Waals surface area contributed by atoms with Crippen molar-refractivity contribution in [1.82, 2.24) is 25.6 Å². The Kier molecular flexibility index (Phi) is 4.30. The molecule has 1 aromatic heterocycles. The number of rotatable bonds is 6. The molecule has 6 nitrogen and oxygen atoms in total. The zero-order chi connectivity index (χ0) is 13.0. The van der Waals surface area contributed by atoms with Gasteiger partial charge in [0.2, 0.25) is 0 Å². The summed E-state index contributed by atoms with van der Waals surface area (Å²) >= 11 is 0. The number of hydrogen-bond donors (Lipinski definition) is 2. The number of nitrogens with zero attached hydrogens (tertiary/aromatic N) is 3. The SMILES string of the molecule is CCCC(CC)NC(=O)c1cn(C2CNC2)nn1. The van der Waals surface area contributed by atoms with E-state index in [1.165, 1.54) is 0 Å². The average molecular weight is 251 g/mol. The van der Waals surface area contributed by atoms with Crippen LogP contribution in [-0.4, -0.2) is 40.0 Å². The van der Waals surface area contributed by atoms with Crippen LogP contribution in [0.5, 0.6) is 0 Å². The highest BCUT2D eigenvalue weighted by Crippen LogP contribution is 2.10. The maximum Gasteiger partial charge on any atom is 0.273 e. The Balaban J connectivity index is 1.93. The second-order valence-electron chi connectivity index (χ2n) is 4.76. The maximum atomic E-state index is 12.0. The predicted molar refractivity (Wildman–Crippen MR) is 68.4 cm³/mol. The molecule has 2 heterocycles. The van der Waals surface area contributed by atoms with Gasteiger partial charge in [0.05, 0.1) is 12.2 Å². The van der Waals surface area contributed by atoms with Gasteiger partial charge in [0, 0.05) is 19.1 Å². The molecule has 1 aliphatic rings. The largest absolute Gasteiger partial charge is 0.348 e. The molecule has 1 aromatic rings. The minimum atomic E-state index is -0.117. The molecule has 1 atom stereocenters. The maximum absolute atomic E-state index is 12.0. The molecule has 0 aromatic carbocycles. The Morgan fingerprint density at radius 3 is 2.94 bits per heavy atom. The standard InChI is InChI=1S/C12H21N5O/c1-3-5-9(4-2)14-12(18)11-8-17(16-15-11)10-6-13-7-10/h8-10,13H,3-7H2,1-2H3,(H,14,18). The molecule has 1 aliphatic heterocycles. The zero-order valence-electron chi connectivity index (χ0n) is 11.0. The van der Waals surface area contributed by atoms with E-state index in [2.05, 4.69) is 34.8 Å². The van der Waals surface area contributed by atoms with Gasteiger partial charge in [-0.25, -0.2) is 4.68 Å². The summed E-state index contributed by atoms with van der Waals surface area (Å²) in [5.74, 6) is -0.117. The average Bonchev–Trinajstić information content (AvgIpc) is 2.75. The highest BCUT2D eigenvalue weighted by Gasteiger charge is 2.22. The molecular weight excluding hydrogens is 230 g/mol. The van der Waals surface area contributed by atoms with Crippen LogP contribution in [0.4, 0.5) is 0 Å². The first kappa shape index (κ1) is 13.0. The Labute approximate surface area is 107 Å². The molecule has 0 saturated carbocycles. The van der Waals surface area contributed by atoms with Gasteiger partial charge >= 0.3 is 0 Å². The molecule has 6 heteroatoms. The summed E-state index contributed by atoms with van der Waals surface area (Å²) in [7, 11) is 0. The summed E-state index contributed by atoms with van der Waals surface area (Å²) in [4.78, 5) is 12.0. The van der Waals surface area contributed by atoms with E-state index in [9.17, 15) is 4.79 Å². The molecule has 0 bridgehead atoms. The quantitative estimate of drug-likeness (QED) is 0.782. The zero-order valence-corrected chi connectivity index (χ0v) is 11.0. The van der Waals surface area contributed by atoms with E-state index in [1.54, 1.807) is 10.9 Å². The Morgan fingerprint density at radius 2 is 2.39 bits per heavy atom. The Hall–Kier alpha value is -1.43. The van der Waals surface area contributed by atoms with E-state index < -0.39 is 0 Å². The fraction of sp³-hybridized carbons (Fsp3) is 0.750. The topological polar surface area (TPSA) is 71.8 Å². The molecule has 100 valence electrons. The molecule has 2 rings (SSSR count). The van der Waals surface area contributed by atoms with Crippen LogP contribution < -0.4 is 10.6 Å². The lowest BCUT2D eigenvalue weighted by molar-refractivity contribution is 0.0928. The van der Waals surface area contributed by atoms with Gasteiger partial charge in [-0.15, -0.1) is 5.10 Å². The molecule has 1 saturated heterocycles. The highest BCUT2D eigenvalue weighted by atomic mass is 16.2. The first-order chi connectivity index (χ1) is 8.74. The van der Waals surface area contributed by atoms with Gasteiger partial charge in [-0.3, -0.25) is 4.79 Å². The normalized spacial score (nSPS) is 17.2. The lowest BCUT2D eigenvalue weighted by Gasteiger charge is -2.26. The minimum absolute atomic E-state index is 0.117. The van der Waals surface area contributed by atoms with Crippen LogP contribution in [-0.2, 0) is 0 Å². The minimum Gasteiger partial charge on any atom is -0.348 e. The number of carbonyl (C=O) groups excluding carboxylic acids is 1. The smallest absolute Gasteiger partial charge is 0.273 e. The first-order valence-corrected chi connectivity index (χ1v) is 6.68. The molecule has 1 fully saturated rings. The number of amides is 1. The Bertz CT molecular complexity index is 399. The third-order valence-corrected chi connectivity index (χ3v) is 3.34. The van der Waals surface area contributed by atoms with Crippen molar-refractivity contribution in [3.63, 3.8) is 0 Å². The van der Waals surface area contributed by atoms with Gasteiger partial charge in [-0.2, -0.15) is 0 Å². The van der Waals surface area contributed by atoms with E-state index in [-0.39, 0.29) is 11.9 Å². The number of nitrogens with one attached hydrogen (secondary N) is 2. The number of aromatic nitrogens is 3. The van der Waals surface area contributed by atoms with Crippen molar-refractivity contribution < 1.29 is 4.79 Å². The van der Waals surface area contributed by atoms with Gasteiger partial charge in [0.25, 0.3) is 5.91 Å². The van der Waals surface area contributed by atoms with Crippen molar-refractivity contribution in [2.24, 2.45) is 0 Å². The van der Waals surface area contributed by atoms with E-state index in [4.69, 9.17) is 0 Å². The molecule has 1 amide bonds. The van der Waals surface area contributed by atoms with Crippen LogP contribution >= 0.6 is 0 Å². The van der Waals surface area contributed by atoms with E-state index in [0.717, 1.165) is 32.4 Å². The summed E-state index contributed by atoms with van der Waals surface area (Å²) in [5.41, 5.74) is 0.413. The summed E-state index contributed by atoms with van der Waals surface area (Å²) in [6.07, 6.45) is 4.75. The number of carbonyl (C=O) groups is 1. The number of hydrogen-bond acceptors (Lipinski definition) is 4. The van der Waals surface area contributed by atoms with Crippen molar-refractivity contribution in [3.8, 4) is 0 Å². The molecule has 18 heavy (non-hydrogen) atoms. The van der Waals surface area contributed by atoms with Gasteiger partial charge in [-0.05, 0) is 12.8 Å². The third kappa shape index (κ3) is 2.87. The summed E-state index contributed by atoms with van der Waals surface area (Å²) in [5, 5.41) is 14.1. The second-order valence-corrected chi connectivity index (χ2v) is 4.76. The lowest BCUT2D eigenvalue weighted by atomic mass is 10.1. The fourth-order valence-corrected chi connectivity index (χ4v) is 2.01. The van der Waals surface area contributed by atoms with Crippen LogP contribution in [0.15, 0.2) is 6.20 Å². The van der Waals surface area contributed by atoms with Gasteiger partial charge in [0.1, 0.15) is 0 Å². The monoisotopic (exact) mass is 251 g/mol. The van der Waals surface area contributed by atoms with Crippen molar-refractivity contribution in [2.45, 2.75) is 45.2 Å². The molecule has 1 unspecified atom stereocenters. The predicted octanol–water partition coefficient (Wildman–Crippen LogP) is 0.731. The molecular formula is C12H21N5O. The van der Waals surface area contributed by atoms with E-state index in [1.807, 2.05) is 0 Å². The summed E-state index contributed by atoms with van der Waals surface area (Å²) in [6.45, 7) is 6.00. The first-order valence-electron chi connectivity index (χ1n) is 6.68. The summed E-state index contributed by atoms with van der Waals surface area (Å²) < 4.78 is 1.77. The van der Waals surface area contributed by atoms with Crippen LogP contribution in [0.3, 0.4) is 0 Å². The van der Waals surface area contributed by atoms with Gasteiger partial charge in [-0.1, -0.05) is 25.5 Å². The Morgan fingerprint density at radius 1 is 1.61 bits per heavy atom. The van der Waals surface area contributed by atoms with Crippen LogP contribution in [0, 0.1) is 0 Å². The van der Waals surface area contributed by atoms with Gasteiger partial charge < -0.3 is 10.6 Å². The molecule has 0 spiro atoms. The fourth-order valence-electron chi connectivity index (χ4n) is 2.01. The van der Waals surface area contributed by atoms with E-state index >= 15 is 0 Å². The van der Waals surface area contributed by atoms with Crippen molar-refractivity contribution in [2.75, 3.05) is 13.1 Å². The lowest BCUT2D eigenvalue weighted by Crippen LogP contribution is -2.43. The van der Waals surface area contributed by atoms with E-state index in [0.29, 0.717) is 11.7 Å². The highest BCUT2D eigenvalue weighted by molar-refractivity contribution is 5.92. The molecule has 0 radical (unpaired) electrons. The second kappa shape index (κ2) is 5.95.